The zero-order chi connectivity index (χ0) is 30.4. The number of ether oxygens (including phenoxy) is 5. The van der Waals surface area contributed by atoms with Gasteiger partial charge in [0.25, 0.3) is 0 Å². The van der Waals surface area contributed by atoms with E-state index >= 15 is 0 Å². The highest BCUT2D eigenvalue weighted by atomic mass is 35.5. The lowest BCUT2D eigenvalue weighted by atomic mass is 10.0. The Bertz CT molecular complexity index is 1410. The highest BCUT2D eigenvalue weighted by molar-refractivity contribution is 6.31. The third kappa shape index (κ3) is 10.6. The van der Waals surface area contributed by atoms with E-state index in [0.29, 0.717) is 28.7 Å². The van der Waals surface area contributed by atoms with Crippen LogP contribution in [0.4, 0.5) is 14.5 Å². The van der Waals surface area contributed by atoms with Gasteiger partial charge < -0.3 is 29.4 Å². The third-order valence-electron chi connectivity index (χ3n) is 5.67. The summed E-state index contributed by atoms with van der Waals surface area (Å²) in [5.74, 6) is 2.73. The number of nitrogen functional groups attached to an aromatic ring is 1. The molecule has 0 saturated carbocycles. The van der Waals surface area contributed by atoms with E-state index in [1.54, 1.807) is 59.8 Å². The first-order valence-corrected chi connectivity index (χ1v) is 13.0. The molecule has 4 rings (SSSR count). The van der Waals surface area contributed by atoms with Crippen molar-refractivity contribution in [1.29, 1.82) is 0 Å². The average Bonchev–Trinajstić information content (AvgIpc) is 2.99. The van der Waals surface area contributed by atoms with E-state index in [4.69, 9.17) is 52.6 Å². The van der Waals surface area contributed by atoms with Crippen LogP contribution in [0.5, 0.6) is 28.7 Å². The Morgan fingerprint density at radius 3 is 1.49 bits per heavy atom. The molecule has 0 aliphatic carbocycles. The number of hydrogen-bond donors (Lipinski definition) is 1. The van der Waals surface area contributed by atoms with Gasteiger partial charge in [-0.1, -0.05) is 35.3 Å². The fourth-order valence-electron chi connectivity index (χ4n) is 3.48. The van der Waals surface area contributed by atoms with Gasteiger partial charge in [-0.25, -0.2) is 8.78 Å². The van der Waals surface area contributed by atoms with Gasteiger partial charge in [-0.2, -0.15) is 0 Å². The Labute approximate surface area is 249 Å². The van der Waals surface area contributed by atoms with Crippen molar-refractivity contribution < 1.29 is 32.5 Å². The maximum Gasteiger partial charge on any atom is 0.164 e. The average molecular weight is 609 g/mol. The van der Waals surface area contributed by atoms with Crippen LogP contribution in [-0.4, -0.2) is 35.5 Å². The SMILES string of the molecule is COc1ccc(CCc2ccc(F)c(Cl)c2)cc1OC.COc1ccc(OC)c(OC)c1.Nc1ccc(F)c(Cl)c1. The van der Waals surface area contributed by atoms with Crippen LogP contribution in [-0.2, 0) is 12.8 Å². The minimum Gasteiger partial charge on any atom is -0.497 e. The lowest BCUT2D eigenvalue weighted by Crippen LogP contribution is -1.95. The number of hydrogen-bond acceptors (Lipinski definition) is 6. The minimum absolute atomic E-state index is 0.0648. The maximum atomic E-state index is 13.1. The van der Waals surface area contributed by atoms with Crippen LogP contribution in [0, 0.1) is 11.6 Å². The summed E-state index contributed by atoms with van der Waals surface area (Å²) in [7, 11) is 8.03. The number of anilines is 1. The van der Waals surface area contributed by atoms with Gasteiger partial charge >= 0.3 is 0 Å². The molecule has 0 aliphatic heterocycles. The molecule has 220 valence electrons. The molecular formula is C31H33Cl2F2NO5. The Morgan fingerprint density at radius 1 is 0.537 bits per heavy atom. The molecule has 10 heteroatoms. The highest BCUT2D eigenvalue weighted by Crippen LogP contribution is 2.30. The molecule has 0 aromatic heterocycles. The topological polar surface area (TPSA) is 72.2 Å². The first-order valence-electron chi connectivity index (χ1n) is 12.3. The lowest BCUT2D eigenvalue weighted by molar-refractivity contribution is 0.349. The number of methoxy groups -OCH3 is 5. The van der Waals surface area contributed by atoms with Gasteiger partial charge in [0.2, 0.25) is 0 Å². The van der Waals surface area contributed by atoms with Crippen molar-refractivity contribution in [3.05, 3.63) is 106 Å². The molecule has 0 amide bonds. The fraction of sp³-hybridized carbons (Fsp3) is 0.226. The molecule has 0 bridgehead atoms. The lowest BCUT2D eigenvalue weighted by Gasteiger charge is -2.09. The molecule has 4 aromatic rings. The monoisotopic (exact) mass is 607 g/mol. The van der Waals surface area contributed by atoms with Crippen molar-refractivity contribution in [3.8, 4) is 28.7 Å². The van der Waals surface area contributed by atoms with Crippen molar-refractivity contribution >= 4 is 28.9 Å². The van der Waals surface area contributed by atoms with Gasteiger partial charge in [0.1, 0.15) is 17.4 Å². The summed E-state index contributed by atoms with van der Waals surface area (Å²) in [5.41, 5.74) is 7.88. The molecule has 0 aliphatic rings. The molecular weight excluding hydrogens is 575 g/mol. The summed E-state index contributed by atoms with van der Waals surface area (Å²) in [4.78, 5) is 0. The zero-order valence-electron chi connectivity index (χ0n) is 23.5. The number of rotatable bonds is 8. The van der Waals surface area contributed by atoms with Crippen molar-refractivity contribution in [2.75, 3.05) is 41.3 Å². The fourth-order valence-corrected chi connectivity index (χ4v) is 3.87. The Hall–Kier alpha value is -3.88. The van der Waals surface area contributed by atoms with E-state index in [-0.39, 0.29) is 15.9 Å². The van der Waals surface area contributed by atoms with Crippen LogP contribution in [0.25, 0.3) is 0 Å². The van der Waals surface area contributed by atoms with Crippen molar-refractivity contribution in [1.82, 2.24) is 0 Å². The Kier molecular flexibility index (Phi) is 13.9. The second-order valence-corrected chi connectivity index (χ2v) is 9.15. The van der Waals surface area contributed by atoms with Gasteiger partial charge in [-0.3, -0.25) is 0 Å². The van der Waals surface area contributed by atoms with E-state index in [1.807, 2.05) is 24.3 Å². The summed E-state index contributed by atoms with van der Waals surface area (Å²) in [6.07, 6.45) is 1.61. The van der Waals surface area contributed by atoms with Gasteiger partial charge in [-0.15, -0.1) is 0 Å². The Balaban J connectivity index is 0.000000237. The van der Waals surface area contributed by atoms with Crippen LogP contribution in [0.2, 0.25) is 10.0 Å². The van der Waals surface area contributed by atoms with E-state index < -0.39 is 5.82 Å². The number of nitrogens with two attached hydrogens (primary N) is 1. The van der Waals surface area contributed by atoms with Gasteiger partial charge in [0, 0.05) is 11.8 Å². The van der Waals surface area contributed by atoms with E-state index in [9.17, 15) is 8.78 Å². The first-order chi connectivity index (χ1) is 19.6. The molecule has 0 fully saturated rings. The molecule has 0 saturated heterocycles. The van der Waals surface area contributed by atoms with Crippen LogP contribution < -0.4 is 29.4 Å². The summed E-state index contributed by atoms with van der Waals surface area (Å²) < 4.78 is 51.0. The van der Waals surface area contributed by atoms with Crippen molar-refractivity contribution in [2.45, 2.75) is 12.8 Å². The third-order valence-corrected chi connectivity index (χ3v) is 6.25. The van der Waals surface area contributed by atoms with Crippen LogP contribution in [0.15, 0.2) is 72.8 Å². The molecule has 0 atom stereocenters. The predicted molar refractivity (Wildman–Crippen MR) is 160 cm³/mol. The van der Waals surface area contributed by atoms with Gasteiger partial charge in [-0.05, 0) is 78.6 Å². The highest BCUT2D eigenvalue weighted by Gasteiger charge is 2.06. The predicted octanol–water partition coefficient (Wildman–Crippen LogP) is 8.06. The van der Waals surface area contributed by atoms with E-state index in [2.05, 4.69) is 0 Å². The van der Waals surface area contributed by atoms with Crippen molar-refractivity contribution in [3.63, 3.8) is 0 Å². The molecule has 41 heavy (non-hydrogen) atoms. The quantitative estimate of drug-likeness (QED) is 0.204. The summed E-state index contributed by atoms with van der Waals surface area (Å²) >= 11 is 11.1. The van der Waals surface area contributed by atoms with Crippen LogP contribution in [0.1, 0.15) is 11.1 Å². The number of halogens is 4. The largest absolute Gasteiger partial charge is 0.497 e. The summed E-state index contributed by atoms with van der Waals surface area (Å²) in [6.45, 7) is 0. The van der Waals surface area contributed by atoms with Gasteiger partial charge in [0.15, 0.2) is 23.0 Å². The zero-order valence-corrected chi connectivity index (χ0v) is 25.0. The molecule has 0 unspecified atom stereocenters. The minimum atomic E-state index is -0.439. The van der Waals surface area contributed by atoms with Crippen LogP contribution >= 0.6 is 23.2 Å². The number of aryl methyl sites for hydroxylation is 2. The summed E-state index contributed by atoms with van der Waals surface area (Å²) in [5, 5.41) is 0.227. The first kappa shape index (κ1) is 33.3. The number of benzene rings is 4. The second kappa shape index (κ2) is 17.0. The molecule has 6 nitrogen and oxygen atoms in total. The summed E-state index contributed by atoms with van der Waals surface area (Å²) in [6, 6.07) is 20.1. The molecule has 4 aromatic carbocycles. The van der Waals surface area contributed by atoms with E-state index in [0.717, 1.165) is 29.7 Å². The van der Waals surface area contributed by atoms with Crippen LogP contribution in [0.3, 0.4) is 0 Å². The van der Waals surface area contributed by atoms with Crippen molar-refractivity contribution in [2.24, 2.45) is 0 Å². The molecule has 2 N–H and O–H groups in total. The molecule has 0 heterocycles. The smallest absolute Gasteiger partial charge is 0.164 e. The normalized spacial score (nSPS) is 9.88. The molecule has 0 radical (unpaired) electrons. The maximum absolute atomic E-state index is 13.1. The Morgan fingerprint density at radius 2 is 1.00 bits per heavy atom. The van der Waals surface area contributed by atoms with Gasteiger partial charge in [0.05, 0.1) is 45.6 Å². The van der Waals surface area contributed by atoms with E-state index in [1.165, 1.54) is 24.3 Å². The second-order valence-electron chi connectivity index (χ2n) is 8.33. The standard InChI is InChI=1S/C16H16ClFO2.C9H12O3.C6H5ClFN/c1-19-15-8-6-12(10-16(15)20-2)4-3-11-5-7-14(18)13(17)9-11;1-10-7-4-5-8(11-2)9(6-7)12-3;7-5-3-4(9)1-2-6(5)8/h5-10H,3-4H2,1-2H3;4-6H,1-3H3;1-3H,9H2. The molecule has 0 spiro atoms.